The van der Waals surface area contributed by atoms with Gasteiger partial charge in [0.1, 0.15) is 6.61 Å². The topological polar surface area (TPSA) is 64.6 Å². The monoisotopic (exact) mass is 381 g/mol. The lowest BCUT2D eigenvalue weighted by molar-refractivity contribution is -0.139. The van der Waals surface area contributed by atoms with Gasteiger partial charge in [0.05, 0.1) is 25.4 Å². The van der Waals surface area contributed by atoms with Crippen molar-refractivity contribution in [2.75, 3.05) is 33.0 Å². The molecule has 1 unspecified atom stereocenters. The average molecular weight is 382 g/mol. The van der Waals surface area contributed by atoms with E-state index in [9.17, 15) is 9.59 Å². The van der Waals surface area contributed by atoms with Gasteiger partial charge in [0.15, 0.2) is 11.6 Å². The predicted molar refractivity (Wildman–Crippen MR) is 110 cm³/mol. The van der Waals surface area contributed by atoms with E-state index in [-0.39, 0.29) is 23.6 Å². The molecule has 0 aliphatic heterocycles. The van der Waals surface area contributed by atoms with Crippen LogP contribution < -0.4 is 5.32 Å². The van der Waals surface area contributed by atoms with Crippen LogP contribution in [0.2, 0.25) is 0 Å². The molecule has 0 radical (unpaired) electrons. The summed E-state index contributed by atoms with van der Waals surface area (Å²) in [6.07, 6.45) is 6.82. The Kier molecular flexibility index (Phi) is 11.1. The van der Waals surface area contributed by atoms with Crippen molar-refractivity contribution in [2.24, 2.45) is 10.8 Å². The molecule has 0 spiro atoms. The van der Waals surface area contributed by atoms with E-state index in [1.807, 2.05) is 27.7 Å². The molecular formula is C22H39NO4. The zero-order chi connectivity index (χ0) is 21.1. The Labute approximate surface area is 166 Å². The Bertz CT molecular complexity index is 513. The highest BCUT2D eigenvalue weighted by Crippen LogP contribution is 2.41. The normalized spacial score (nSPS) is 14.4. The van der Waals surface area contributed by atoms with Crippen molar-refractivity contribution >= 4 is 11.6 Å². The van der Waals surface area contributed by atoms with Crippen LogP contribution in [0, 0.1) is 23.2 Å². The third-order valence-electron chi connectivity index (χ3n) is 5.59. The van der Waals surface area contributed by atoms with E-state index >= 15 is 0 Å². The van der Waals surface area contributed by atoms with Crippen LogP contribution in [0.25, 0.3) is 0 Å². The van der Waals surface area contributed by atoms with E-state index < -0.39 is 11.0 Å². The van der Waals surface area contributed by atoms with Gasteiger partial charge < -0.3 is 14.8 Å². The first-order valence-corrected chi connectivity index (χ1v) is 9.83. The summed E-state index contributed by atoms with van der Waals surface area (Å²) in [4.78, 5) is 24.5. The van der Waals surface area contributed by atoms with Gasteiger partial charge in [-0.1, -0.05) is 34.6 Å². The fourth-order valence-corrected chi connectivity index (χ4v) is 2.72. The number of ether oxygens (including phenoxy) is 2. The summed E-state index contributed by atoms with van der Waals surface area (Å²) < 4.78 is 11.0. The Morgan fingerprint density at radius 3 is 2.07 bits per heavy atom. The standard InChI is InChI=1S/C22H39NO4/c1-9-11-12-18(24)21(6,7)23-13-14-26-15-16-27-17-19(25)22(8,10-2)20(3,4)5/h1,23H,10-17H2,2-8H3. The van der Waals surface area contributed by atoms with Crippen LogP contribution in [0.15, 0.2) is 0 Å². The summed E-state index contributed by atoms with van der Waals surface area (Å²) in [5.41, 5.74) is -1.11. The van der Waals surface area contributed by atoms with Crippen LogP contribution in [-0.2, 0) is 19.1 Å². The molecule has 0 rings (SSSR count). The number of hydrogen-bond acceptors (Lipinski definition) is 5. The largest absolute Gasteiger partial charge is 0.378 e. The summed E-state index contributed by atoms with van der Waals surface area (Å²) in [6.45, 7) is 15.9. The molecule has 0 amide bonds. The number of Topliss-reactive ketones (excluding diaryl/α,β-unsaturated/α-hetero) is 2. The van der Waals surface area contributed by atoms with Gasteiger partial charge in [0.2, 0.25) is 0 Å². The molecule has 0 aromatic rings. The second-order valence-corrected chi connectivity index (χ2v) is 8.70. The molecular weight excluding hydrogens is 342 g/mol. The van der Waals surface area contributed by atoms with Crippen LogP contribution >= 0.6 is 0 Å². The zero-order valence-corrected chi connectivity index (χ0v) is 18.4. The smallest absolute Gasteiger partial charge is 0.164 e. The maximum atomic E-state index is 12.5. The number of nitrogens with one attached hydrogen (secondary N) is 1. The Hall–Kier alpha value is -1.22. The summed E-state index contributed by atoms with van der Waals surface area (Å²) in [5.74, 6) is 2.71. The van der Waals surface area contributed by atoms with Gasteiger partial charge in [0, 0.05) is 24.8 Å². The van der Waals surface area contributed by atoms with Crippen molar-refractivity contribution in [3.05, 3.63) is 0 Å². The molecule has 5 nitrogen and oxygen atoms in total. The average Bonchev–Trinajstić information content (AvgIpc) is 2.59. The van der Waals surface area contributed by atoms with Crippen LogP contribution in [0.1, 0.15) is 67.7 Å². The summed E-state index contributed by atoms with van der Waals surface area (Å²) in [5, 5.41) is 3.18. The van der Waals surface area contributed by atoms with Gasteiger partial charge in [-0.3, -0.25) is 9.59 Å². The van der Waals surface area contributed by atoms with Crippen molar-refractivity contribution in [2.45, 2.75) is 73.3 Å². The predicted octanol–water partition coefficient (Wildman–Crippen LogP) is 3.40. The molecule has 0 aliphatic carbocycles. The summed E-state index contributed by atoms with van der Waals surface area (Å²) in [7, 11) is 0. The third kappa shape index (κ3) is 8.55. The summed E-state index contributed by atoms with van der Waals surface area (Å²) in [6, 6.07) is 0. The molecule has 0 aliphatic rings. The van der Waals surface area contributed by atoms with Crippen molar-refractivity contribution < 1.29 is 19.1 Å². The van der Waals surface area contributed by atoms with E-state index in [4.69, 9.17) is 15.9 Å². The molecule has 0 fully saturated rings. The van der Waals surface area contributed by atoms with E-state index in [0.717, 1.165) is 6.42 Å². The fraction of sp³-hybridized carbons (Fsp3) is 0.818. The quantitative estimate of drug-likeness (QED) is 0.369. The molecule has 0 saturated carbocycles. The van der Waals surface area contributed by atoms with Gasteiger partial charge in [-0.2, -0.15) is 0 Å². The van der Waals surface area contributed by atoms with Crippen LogP contribution in [0.5, 0.6) is 0 Å². The molecule has 1 N–H and O–H groups in total. The Balaban J connectivity index is 3.98. The first-order valence-electron chi connectivity index (χ1n) is 9.83. The number of terminal acetylenes is 1. The van der Waals surface area contributed by atoms with Crippen LogP contribution in [0.3, 0.4) is 0 Å². The summed E-state index contributed by atoms with van der Waals surface area (Å²) >= 11 is 0. The van der Waals surface area contributed by atoms with Crippen LogP contribution in [0.4, 0.5) is 0 Å². The number of hydrogen-bond donors (Lipinski definition) is 1. The second-order valence-electron chi connectivity index (χ2n) is 8.70. The molecule has 156 valence electrons. The van der Waals surface area contributed by atoms with Gasteiger partial charge in [0.25, 0.3) is 0 Å². The van der Waals surface area contributed by atoms with Crippen molar-refractivity contribution in [1.29, 1.82) is 0 Å². The first-order chi connectivity index (χ1) is 12.4. The fourth-order valence-electron chi connectivity index (χ4n) is 2.72. The van der Waals surface area contributed by atoms with Gasteiger partial charge >= 0.3 is 0 Å². The molecule has 1 atom stereocenters. The molecule has 0 bridgehead atoms. The highest BCUT2D eigenvalue weighted by molar-refractivity contribution is 5.87. The minimum absolute atomic E-state index is 0.0973. The zero-order valence-electron chi connectivity index (χ0n) is 18.4. The second kappa shape index (κ2) is 11.6. The lowest BCUT2D eigenvalue weighted by Gasteiger charge is -2.39. The van der Waals surface area contributed by atoms with Crippen molar-refractivity contribution in [3.63, 3.8) is 0 Å². The Morgan fingerprint density at radius 2 is 1.56 bits per heavy atom. The molecule has 0 aromatic carbocycles. The molecule has 0 saturated heterocycles. The van der Waals surface area contributed by atoms with Gasteiger partial charge in [-0.25, -0.2) is 0 Å². The maximum Gasteiger partial charge on any atom is 0.164 e. The maximum absolute atomic E-state index is 12.5. The van der Waals surface area contributed by atoms with Gasteiger partial charge in [-0.15, -0.1) is 12.3 Å². The lowest BCUT2D eigenvalue weighted by Crippen LogP contribution is -2.48. The molecule has 0 aromatic heterocycles. The number of carbonyl (C=O) groups excluding carboxylic acids is 2. The molecule has 27 heavy (non-hydrogen) atoms. The van der Waals surface area contributed by atoms with Crippen molar-refractivity contribution in [1.82, 2.24) is 5.32 Å². The SMILES string of the molecule is C#CCCC(=O)C(C)(C)NCCOCCOCC(=O)C(C)(CC)C(C)(C)C. The first kappa shape index (κ1) is 25.8. The van der Waals surface area contributed by atoms with E-state index in [0.29, 0.717) is 39.2 Å². The van der Waals surface area contributed by atoms with E-state index in [2.05, 4.69) is 32.0 Å². The highest BCUT2D eigenvalue weighted by Gasteiger charge is 2.41. The lowest BCUT2D eigenvalue weighted by atomic mass is 9.64. The number of ketones is 2. The minimum Gasteiger partial charge on any atom is -0.378 e. The Morgan fingerprint density at radius 1 is 0.963 bits per heavy atom. The van der Waals surface area contributed by atoms with Gasteiger partial charge in [-0.05, 0) is 25.7 Å². The van der Waals surface area contributed by atoms with E-state index in [1.54, 1.807) is 0 Å². The van der Waals surface area contributed by atoms with E-state index in [1.165, 1.54) is 0 Å². The number of carbonyl (C=O) groups is 2. The number of rotatable bonds is 14. The molecule has 0 heterocycles. The van der Waals surface area contributed by atoms with Crippen LogP contribution in [-0.4, -0.2) is 50.1 Å². The van der Waals surface area contributed by atoms with Crippen molar-refractivity contribution in [3.8, 4) is 12.3 Å². The molecule has 5 heteroatoms. The highest BCUT2D eigenvalue weighted by atomic mass is 16.5. The third-order valence-corrected chi connectivity index (χ3v) is 5.59. The minimum atomic E-state index is -0.610.